The lowest BCUT2D eigenvalue weighted by molar-refractivity contribution is -0.132. The molecule has 2 unspecified atom stereocenters. The first-order valence-corrected chi connectivity index (χ1v) is 12.8. The SMILES string of the molecule is CC(=O)Oc1cc(C(OS(C)(=O)=O)C(N)C(C)(C)C)ccc1OC(=O)c1ccc(C)cc1.CCO. The van der Waals surface area contributed by atoms with Crippen LogP contribution in [0.1, 0.15) is 62.2 Å². The molecule has 0 aliphatic heterocycles. The summed E-state index contributed by atoms with van der Waals surface area (Å²) in [6, 6.07) is 10.4. The third-order valence-electron chi connectivity index (χ3n) is 4.64. The summed E-state index contributed by atoms with van der Waals surface area (Å²) >= 11 is 0. The Kier molecular flexibility index (Phi) is 11.0. The molecule has 0 aliphatic rings. The average molecular weight is 510 g/mol. The van der Waals surface area contributed by atoms with Crippen molar-refractivity contribution in [3.63, 3.8) is 0 Å². The number of carbonyl (C=O) groups is 2. The number of aryl methyl sites for hydroxylation is 1. The van der Waals surface area contributed by atoms with Gasteiger partial charge in [-0.25, -0.2) is 4.79 Å². The van der Waals surface area contributed by atoms with Gasteiger partial charge in [0.2, 0.25) is 0 Å². The summed E-state index contributed by atoms with van der Waals surface area (Å²) in [4.78, 5) is 24.2. The number of esters is 2. The minimum absolute atomic E-state index is 0.00281. The van der Waals surface area contributed by atoms with Crippen LogP contribution < -0.4 is 15.2 Å². The van der Waals surface area contributed by atoms with E-state index in [1.54, 1.807) is 31.2 Å². The van der Waals surface area contributed by atoms with Crippen molar-refractivity contribution in [3.8, 4) is 11.5 Å². The average Bonchev–Trinajstić information content (AvgIpc) is 2.72. The fourth-order valence-corrected chi connectivity index (χ4v) is 3.44. The molecular weight excluding hydrogens is 474 g/mol. The summed E-state index contributed by atoms with van der Waals surface area (Å²) in [5.41, 5.74) is 7.46. The molecule has 2 atom stereocenters. The van der Waals surface area contributed by atoms with E-state index < -0.39 is 39.6 Å². The van der Waals surface area contributed by atoms with Gasteiger partial charge in [-0.2, -0.15) is 8.42 Å². The molecule has 194 valence electrons. The summed E-state index contributed by atoms with van der Waals surface area (Å²) < 4.78 is 39.7. The molecule has 0 saturated heterocycles. The monoisotopic (exact) mass is 509 g/mol. The van der Waals surface area contributed by atoms with Crippen LogP contribution in [0.3, 0.4) is 0 Å². The van der Waals surface area contributed by atoms with Gasteiger partial charge in [0.15, 0.2) is 11.5 Å². The van der Waals surface area contributed by atoms with Gasteiger partial charge >= 0.3 is 11.9 Å². The molecule has 10 heteroatoms. The predicted molar refractivity (Wildman–Crippen MR) is 133 cm³/mol. The number of carbonyl (C=O) groups excluding carboxylic acids is 2. The summed E-state index contributed by atoms with van der Waals surface area (Å²) in [5.74, 6) is -1.34. The molecule has 35 heavy (non-hydrogen) atoms. The van der Waals surface area contributed by atoms with Crippen molar-refractivity contribution in [1.29, 1.82) is 0 Å². The van der Waals surface area contributed by atoms with Gasteiger partial charge in [0, 0.05) is 19.6 Å². The first-order valence-electron chi connectivity index (χ1n) is 10.9. The molecule has 0 saturated carbocycles. The van der Waals surface area contributed by atoms with Crippen molar-refractivity contribution in [2.45, 2.75) is 53.7 Å². The Morgan fingerprint density at radius 2 is 1.57 bits per heavy atom. The fourth-order valence-electron chi connectivity index (χ4n) is 2.83. The van der Waals surface area contributed by atoms with Gasteiger partial charge in [-0.1, -0.05) is 44.5 Å². The highest BCUT2D eigenvalue weighted by Gasteiger charge is 2.34. The first-order chi connectivity index (χ1) is 16.1. The number of aliphatic hydroxyl groups excluding tert-OH is 1. The molecule has 2 aromatic carbocycles. The van der Waals surface area contributed by atoms with Crippen molar-refractivity contribution >= 4 is 22.1 Å². The number of rotatable bonds is 7. The molecule has 0 fully saturated rings. The second-order valence-electron chi connectivity index (χ2n) is 8.98. The molecule has 0 aromatic heterocycles. The Labute approximate surface area is 207 Å². The molecule has 0 spiro atoms. The van der Waals surface area contributed by atoms with E-state index in [9.17, 15) is 18.0 Å². The molecule has 9 nitrogen and oxygen atoms in total. The molecule has 0 heterocycles. The highest BCUT2D eigenvalue weighted by molar-refractivity contribution is 7.86. The van der Waals surface area contributed by atoms with Crippen molar-refractivity contribution < 1.29 is 36.8 Å². The number of nitrogens with two attached hydrogens (primary N) is 1. The summed E-state index contributed by atoms with van der Waals surface area (Å²) in [6.45, 7) is 10.6. The normalized spacial score (nSPS) is 13.2. The number of hydrogen-bond acceptors (Lipinski definition) is 9. The minimum Gasteiger partial charge on any atom is -0.423 e. The van der Waals surface area contributed by atoms with Crippen LogP contribution >= 0.6 is 0 Å². The lowest BCUT2D eigenvalue weighted by atomic mass is 9.82. The van der Waals surface area contributed by atoms with Gasteiger partial charge in [0.25, 0.3) is 10.1 Å². The fraction of sp³-hybridized carbons (Fsp3) is 0.440. The highest BCUT2D eigenvalue weighted by Crippen LogP contribution is 2.37. The van der Waals surface area contributed by atoms with Crippen LogP contribution in [-0.2, 0) is 19.1 Å². The standard InChI is InChI=1S/C23H29NO7S.C2H6O/c1-14-7-9-16(10-8-14)22(26)30-18-12-11-17(13-19(18)29-15(2)25)20(31-32(6,27)28)21(24)23(3,4)5;1-2-3/h7-13,20-21H,24H2,1-6H3;3H,2H2,1H3. The van der Waals surface area contributed by atoms with Gasteiger partial charge in [-0.15, -0.1) is 0 Å². The molecule has 2 aromatic rings. The van der Waals surface area contributed by atoms with E-state index in [2.05, 4.69) is 0 Å². The first kappa shape index (κ1) is 30.2. The summed E-state index contributed by atoms with van der Waals surface area (Å²) in [7, 11) is -3.85. The van der Waals surface area contributed by atoms with E-state index >= 15 is 0 Å². The molecule has 0 amide bonds. The number of benzene rings is 2. The largest absolute Gasteiger partial charge is 0.423 e. The third kappa shape index (κ3) is 10.2. The molecular formula is C25H35NO8S. The molecule has 2 rings (SSSR count). The van der Waals surface area contributed by atoms with Gasteiger partial charge in [-0.3, -0.25) is 8.98 Å². The molecule has 3 N–H and O–H groups in total. The Morgan fingerprint density at radius 3 is 2.03 bits per heavy atom. The Bertz CT molecular complexity index is 1110. The lowest BCUT2D eigenvalue weighted by Crippen LogP contribution is -2.42. The number of ether oxygens (including phenoxy) is 2. The zero-order valence-electron chi connectivity index (χ0n) is 21.2. The van der Waals surface area contributed by atoms with Crippen molar-refractivity contribution in [2.24, 2.45) is 11.1 Å². The van der Waals surface area contributed by atoms with Crippen molar-refractivity contribution in [1.82, 2.24) is 0 Å². The Morgan fingerprint density at radius 1 is 1.03 bits per heavy atom. The van der Waals surface area contributed by atoms with Crippen LogP contribution in [0.25, 0.3) is 0 Å². The van der Waals surface area contributed by atoms with Crippen molar-refractivity contribution in [3.05, 3.63) is 59.2 Å². The van der Waals surface area contributed by atoms with Crippen LogP contribution in [0.4, 0.5) is 0 Å². The van der Waals surface area contributed by atoms with Gasteiger partial charge in [0.05, 0.1) is 11.8 Å². The maximum absolute atomic E-state index is 12.5. The zero-order chi connectivity index (χ0) is 27.0. The lowest BCUT2D eigenvalue weighted by Gasteiger charge is -2.33. The quantitative estimate of drug-likeness (QED) is 0.325. The van der Waals surface area contributed by atoms with Gasteiger partial charge < -0.3 is 20.3 Å². The summed E-state index contributed by atoms with van der Waals surface area (Å²) in [6.07, 6.45) is -0.124. The second-order valence-corrected chi connectivity index (χ2v) is 10.6. The van der Waals surface area contributed by atoms with Crippen LogP contribution in [0.5, 0.6) is 11.5 Å². The van der Waals surface area contributed by atoms with Gasteiger partial charge in [0.1, 0.15) is 6.10 Å². The van der Waals surface area contributed by atoms with E-state index in [0.29, 0.717) is 11.1 Å². The zero-order valence-corrected chi connectivity index (χ0v) is 22.0. The van der Waals surface area contributed by atoms with Crippen LogP contribution in [0.2, 0.25) is 0 Å². The molecule has 0 radical (unpaired) electrons. The van der Waals surface area contributed by atoms with E-state index in [-0.39, 0.29) is 18.1 Å². The van der Waals surface area contributed by atoms with Crippen LogP contribution in [0, 0.1) is 12.3 Å². The van der Waals surface area contributed by atoms with Crippen molar-refractivity contribution in [2.75, 3.05) is 12.9 Å². The maximum atomic E-state index is 12.5. The summed E-state index contributed by atoms with van der Waals surface area (Å²) in [5, 5.41) is 7.57. The maximum Gasteiger partial charge on any atom is 0.343 e. The third-order valence-corrected chi connectivity index (χ3v) is 5.20. The second kappa shape index (κ2) is 12.8. The van der Waals surface area contributed by atoms with Gasteiger partial charge in [-0.05, 0) is 49.1 Å². The minimum atomic E-state index is -3.85. The highest BCUT2D eigenvalue weighted by atomic mass is 32.2. The smallest absolute Gasteiger partial charge is 0.343 e. The van der Waals surface area contributed by atoms with E-state index in [0.717, 1.165) is 11.8 Å². The number of hydrogen-bond donors (Lipinski definition) is 2. The molecule has 0 aliphatic carbocycles. The predicted octanol–water partition coefficient (Wildman–Crippen LogP) is 3.53. The Hall–Kier alpha value is -2.79. The topological polar surface area (TPSA) is 142 Å². The molecule has 0 bridgehead atoms. The van der Waals surface area contributed by atoms with E-state index in [1.807, 2.05) is 27.7 Å². The van der Waals surface area contributed by atoms with E-state index in [1.165, 1.54) is 25.1 Å². The van der Waals surface area contributed by atoms with Crippen LogP contribution in [0.15, 0.2) is 42.5 Å². The van der Waals surface area contributed by atoms with E-state index in [4.69, 9.17) is 24.5 Å². The number of aliphatic hydroxyl groups is 1. The van der Waals surface area contributed by atoms with Crippen LogP contribution in [-0.4, -0.2) is 44.4 Å². The Balaban J connectivity index is 0.00000194.